The van der Waals surface area contributed by atoms with E-state index in [1.807, 2.05) is 37.3 Å². The van der Waals surface area contributed by atoms with Gasteiger partial charge in [-0.05, 0) is 53.3 Å². The molecule has 1 aliphatic heterocycles. The number of carbonyl (C=O) groups is 3. The second-order valence-corrected chi connectivity index (χ2v) is 10.5. The lowest BCUT2D eigenvalue weighted by molar-refractivity contribution is -0.136. The molecule has 4 rings (SSSR count). The highest BCUT2D eigenvalue weighted by atomic mass is 16.5. The number of aliphatic carboxylic acids is 1. The third-order valence-corrected chi connectivity index (χ3v) is 6.72. The predicted molar refractivity (Wildman–Crippen MR) is 145 cm³/mol. The van der Waals surface area contributed by atoms with Gasteiger partial charge in [0.25, 0.3) is 11.7 Å². The molecule has 1 fully saturated rings. The molecule has 1 heterocycles. The van der Waals surface area contributed by atoms with Crippen LogP contribution in [-0.4, -0.2) is 35.0 Å². The van der Waals surface area contributed by atoms with Crippen molar-refractivity contribution in [1.29, 1.82) is 0 Å². The molecule has 0 saturated carbocycles. The van der Waals surface area contributed by atoms with Crippen LogP contribution in [0.1, 0.15) is 54.6 Å². The van der Waals surface area contributed by atoms with Gasteiger partial charge < -0.3 is 14.9 Å². The van der Waals surface area contributed by atoms with Crippen molar-refractivity contribution in [1.82, 2.24) is 0 Å². The van der Waals surface area contributed by atoms with E-state index in [1.165, 1.54) is 12.0 Å². The maximum atomic E-state index is 13.5. The maximum Gasteiger partial charge on any atom is 0.307 e. The lowest BCUT2D eigenvalue weighted by Crippen LogP contribution is -2.29. The normalized spacial score (nSPS) is 17.1. The summed E-state index contributed by atoms with van der Waals surface area (Å²) in [6.07, 6.45) is -0.163. The molecule has 7 heteroatoms. The molecule has 1 aliphatic rings. The molecule has 3 aromatic carbocycles. The van der Waals surface area contributed by atoms with Gasteiger partial charge in [-0.15, -0.1) is 0 Å². The van der Waals surface area contributed by atoms with Crippen molar-refractivity contribution >= 4 is 29.1 Å². The molecule has 2 N–H and O–H groups in total. The maximum absolute atomic E-state index is 13.5. The Balaban J connectivity index is 1.92. The standard InChI is InChI=1S/C31H31NO6/c1-18-6-15-24(38-5)23(16-18)28(35)26-27(20-9-11-21(12-10-20)31(2,3)4)32(30(37)29(26)36)22-13-7-19(8-14-22)17-25(33)34/h6-16,27,35H,17H2,1-5H3,(H,33,34)/b28-26+. The van der Waals surface area contributed by atoms with Crippen molar-refractivity contribution in [2.75, 3.05) is 12.0 Å². The number of amides is 1. The Morgan fingerprint density at radius 3 is 2.13 bits per heavy atom. The van der Waals surface area contributed by atoms with Gasteiger partial charge in [0.1, 0.15) is 11.5 Å². The summed E-state index contributed by atoms with van der Waals surface area (Å²) in [5, 5.41) is 20.6. The number of rotatable bonds is 6. The second-order valence-electron chi connectivity index (χ2n) is 10.5. The SMILES string of the molecule is COc1ccc(C)cc1/C(O)=C1\C(=O)C(=O)N(c2ccc(CC(=O)O)cc2)C1c1ccc(C(C)(C)C)cc1. The first-order valence-electron chi connectivity index (χ1n) is 12.3. The Kier molecular flexibility index (Phi) is 7.14. The Bertz CT molecular complexity index is 1430. The number of ether oxygens (including phenoxy) is 1. The number of methoxy groups -OCH3 is 1. The van der Waals surface area contributed by atoms with Gasteiger partial charge in [-0.3, -0.25) is 19.3 Å². The number of hydrogen-bond acceptors (Lipinski definition) is 5. The van der Waals surface area contributed by atoms with Crippen LogP contribution in [0.4, 0.5) is 5.69 Å². The van der Waals surface area contributed by atoms with E-state index >= 15 is 0 Å². The van der Waals surface area contributed by atoms with Gasteiger partial charge in [0, 0.05) is 5.69 Å². The van der Waals surface area contributed by atoms with E-state index in [0.29, 0.717) is 28.1 Å². The van der Waals surface area contributed by atoms with Crippen LogP contribution in [0.2, 0.25) is 0 Å². The zero-order valence-electron chi connectivity index (χ0n) is 22.1. The molecule has 1 amide bonds. The highest BCUT2D eigenvalue weighted by Gasteiger charge is 2.47. The van der Waals surface area contributed by atoms with Crippen molar-refractivity contribution in [3.8, 4) is 5.75 Å². The number of aryl methyl sites for hydroxylation is 1. The van der Waals surface area contributed by atoms with Gasteiger partial charge in [-0.2, -0.15) is 0 Å². The van der Waals surface area contributed by atoms with E-state index in [9.17, 15) is 19.5 Å². The molecule has 1 atom stereocenters. The fourth-order valence-electron chi connectivity index (χ4n) is 4.68. The van der Waals surface area contributed by atoms with Crippen LogP contribution in [-0.2, 0) is 26.2 Å². The average Bonchev–Trinajstić information content (AvgIpc) is 3.13. The number of benzene rings is 3. The summed E-state index contributed by atoms with van der Waals surface area (Å²) in [4.78, 5) is 39.4. The number of ketones is 1. The molecular formula is C31H31NO6. The largest absolute Gasteiger partial charge is 0.507 e. The molecule has 0 aromatic heterocycles. The van der Waals surface area contributed by atoms with Crippen LogP contribution >= 0.6 is 0 Å². The number of carboxylic acid groups (broad SMARTS) is 1. The van der Waals surface area contributed by atoms with E-state index in [2.05, 4.69) is 20.8 Å². The third-order valence-electron chi connectivity index (χ3n) is 6.72. The second kappa shape index (κ2) is 10.2. The molecule has 1 unspecified atom stereocenters. The van der Waals surface area contributed by atoms with E-state index in [1.54, 1.807) is 36.4 Å². The minimum absolute atomic E-state index is 0.0444. The molecule has 0 bridgehead atoms. The van der Waals surface area contributed by atoms with E-state index < -0.39 is 23.7 Å². The van der Waals surface area contributed by atoms with Crippen molar-refractivity contribution in [2.45, 2.75) is 45.6 Å². The molecule has 38 heavy (non-hydrogen) atoms. The van der Waals surface area contributed by atoms with Crippen molar-refractivity contribution in [3.05, 3.63) is 100 Å². The first-order valence-corrected chi connectivity index (χ1v) is 12.3. The topological polar surface area (TPSA) is 104 Å². The highest BCUT2D eigenvalue weighted by molar-refractivity contribution is 6.51. The van der Waals surface area contributed by atoms with Gasteiger partial charge >= 0.3 is 5.97 Å². The highest BCUT2D eigenvalue weighted by Crippen LogP contribution is 2.43. The number of Topliss-reactive ketones (excluding diaryl/α,β-unsaturated/α-hetero) is 1. The number of hydrogen-bond donors (Lipinski definition) is 2. The third kappa shape index (κ3) is 5.05. The summed E-state index contributed by atoms with van der Waals surface area (Å²) in [5.41, 5.74) is 3.73. The van der Waals surface area contributed by atoms with Gasteiger partial charge in [-0.1, -0.05) is 68.8 Å². The van der Waals surface area contributed by atoms with Gasteiger partial charge in [0.15, 0.2) is 0 Å². The van der Waals surface area contributed by atoms with Crippen LogP contribution in [0.5, 0.6) is 5.75 Å². The van der Waals surface area contributed by atoms with Crippen LogP contribution in [0.15, 0.2) is 72.3 Å². The minimum atomic E-state index is -0.968. The number of carboxylic acids is 1. The van der Waals surface area contributed by atoms with Crippen molar-refractivity contribution in [3.63, 3.8) is 0 Å². The van der Waals surface area contributed by atoms with Gasteiger partial charge in [0.2, 0.25) is 0 Å². The average molecular weight is 514 g/mol. The van der Waals surface area contributed by atoms with Crippen LogP contribution in [0, 0.1) is 6.92 Å². The molecule has 0 radical (unpaired) electrons. The molecule has 3 aromatic rings. The molecule has 1 saturated heterocycles. The molecule has 0 spiro atoms. The molecule has 0 aliphatic carbocycles. The zero-order chi connectivity index (χ0) is 27.8. The fraction of sp³-hybridized carbons (Fsp3) is 0.258. The zero-order valence-corrected chi connectivity index (χ0v) is 22.1. The predicted octanol–water partition coefficient (Wildman–Crippen LogP) is 5.55. The van der Waals surface area contributed by atoms with Gasteiger partial charge in [-0.25, -0.2) is 0 Å². The lowest BCUT2D eigenvalue weighted by atomic mass is 9.85. The number of carbonyl (C=O) groups excluding carboxylic acids is 2. The first-order chi connectivity index (χ1) is 17.9. The summed E-state index contributed by atoms with van der Waals surface area (Å²) in [6.45, 7) is 8.14. The van der Waals surface area contributed by atoms with Crippen molar-refractivity contribution in [2.24, 2.45) is 0 Å². The summed E-state index contributed by atoms with van der Waals surface area (Å²) in [5.74, 6) is -2.51. The molecule has 196 valence electrons. The van der Waals surface area contributed by atoms with E-state index in [-0.39, 0.29) is 23.2 Å². The monoisotopic (exact) mass is 513 g/mol. The smallest absolute Gasteiger partial charge is 0.307 e. The van der Waals surface area contributed by atoms with E-state index in [4.69, 9.17) is 9.84 Å². The summed E-state index contributed by atoms with van der Waals surface area (Å²) < 4.78 is 5.44. The number of nitrogens with zero attached hydrogens (tertiary/aromatic N) is 1. The van der Waals surface area contributed by atoms with Gasteiger partial charge in [0.05, 0.1) is 30.7 Å². The number of aliphatic hydroxyl groups excluding tert-OH is 1. The Labute approximate surface area is 222 Å². The van der Waals surface area contributed by atoms with Crippen LogP contribution in [0.25, 0.3) is 5.76 Å². The first kappa shape index (κ1) is 26.7. The van der Waals surface area contributed by atoms with Crippen LogP contribution in [0.3, 0.4) is 0 Å². The van der Waals surface area contributed by atoms with E-state index in [0.717, 1.165) is 11.1 Å². The van der Waals surface area contributed by atoms with Crippen LogP contribution < -0.4 is 9.64 Å². The minimum Gasteiger partial charge on any atom is -0.507 e. The summed E-state index contributed by atoms with van der Waals surface area (Å²) in [6, 6.07) is 18.5. The Hall–Kier alpha value is -4.39. The summed E-state index contributed by atoms with van der Waals surface area (Å²) >= 11 is 0. The lowest BCUT2D eigenvalue weighted by Gasteiger charge is -2.27. The summed E-state index contributed by atoms with van der Waals surface area (Å²) in [7, 11) is 1.47. The number of anilines is 1. The molecule has 7 nitrogen and oxygen atoms in total. The fourth-order valence-corrected chi connectivity index (χ4v) is 4.68. The quantitative estimate of drug-likeness (QED) is 0.254. The Morgan fingerprint density at radius 2 is 1.58 bits per heavy atom. The van der Waals surface area contributed by atoms with Crippen molar-refractivity contribution < 1.29 is 29.3 Å². The number of aliphatic hydroxyl groups is 1. The molecular weight excluding hydrogens is 482 g/mol. The Morgan fingerprint density at radius 1 is 0.947 bits per heavy atom.